The van der Waals surface area contributed by atoms with Gasteiger partial charge in [0.05, 0.1) is 0 Å². The summed E-state index contributed by atoms with van der Waals surface area (Å²) in [6, 6.07) is -2.33. The van der Waals surface area contributed by atoms with Crippen LogP contribution in [0.15, 0.2) is 0 Å². The van der Waals surface area contributed by atoms with Gasteiger partial charge in [0.2, 0.25) is 0 Å². The van der Waals surface area contributed by atoms with E-state index in [1.807, 2.05) is 0 Å². The number of aliphatic carboxylic acids is 1. The summed E-state index contributed by atoms with van der Waals surface area (Å²) in [5.41, 5.74) is 4.79. The molecule has 2 N–H and O–H groups in total. The Kier molecular flexibility index (Phi) is 4.90. The fourth-order valence-electron chi connectivity index (χ4n) is 1.10. The van der Waals surface area contributed by atoms with Gasteiger partial charge in [0.15, 0.2) is 0 Å². The zero-order valence-corrected chi connectivity index (χ0v) is 7.80. The average Bonchev–Trinajstić information content (AvgIpc) is 2.02. The summed E-state index contributed by atoms with van der Waals surface area (Å²) in [7, 11) is 0. The first-order valence-electron chi connectivity index (χ1n) is 4.33. The quantitative estimate of drug-likeness (QED) is 0.718. The first kappa shape index (κ1) is 13.2. The Bertz CT molecular complexity index is 194. The summed E-state index contributed by atoms with van der Waals surface area (Å²) in [5.74, 6) is -3.38. The van der Waals surface area contributed by atoms with Gasteiger partial charge >= 0.3 is 6.18 Å². The van der Waals surface area contributed by atoms with Crippen molar-refractivity contribution in [2.75, 3.05) is 0 Å². The average molecular weight is 212 g/mol. The number of alkyl halides is 3. The molecule has 0 aliphatic carbocycles. The lowest BCUT2D eigenvalue weighted by atomic mass is 9.94. The van der Waals surface area contributed by atoms with Gasteiger partial charge < -0.3 is 15.6 Å². The van der Waals surface area contributed by atoms with Gasteiger partial charge in [0.25, 0.3) is 0 Å². The number of nitrogens with two attached hydrogens (primary N) is 1. The van der Waals surface area contributed by atoms with Crippen LogP contribution < -0.4 is 10.8 Å². The fourth-order valence-corrected chi connectivity index (χ4v) is 1.10. The summed E-state index contributed by atoms with van der Waals surface area (Å²) in [4.78, 5) is 10.4. The van der Waals surface area contributed by atoms with Gasteiger partial charge in [-0.3, -0.25) is 0 Å². The summed E-state index contributed by atoms with van der Waals surface area (Å²) in [5, 5.41) is 10.4. The molecule has 14 heavy (non-hydrogen) atoms. The normalized spacial score (nSPS) is 16.4. The number of carboxylic acids is 1. The molecular formula is C8H13F3NO2-. The van der Waals surface area contributed by atoms with Crippen molar-refractivity contribution >= 4 is 5.97 Å². The Morgan fingerprint density at radius 3 is 2.29 bits per heavy atom. The monoisotopic (exact) mass is 212 g/mol. The van der Waals surface area contributed by atoms with E-state index in [-0.39, 0.29) is 6.42 Å². The number of carbonyl (C=O) groups is 1. The van der Waals surface area contributed by atoms with E-state index < -0.39 is 24.1 Å². The van der Waals surface area contributed by atoms with Crippen LogP contribution in [0.3, 0.4) is 0 Å². The van der Waals surface area contributed by atoms with Crippen molar-refractivity contribution in [2.45, 2.75) is 38.4 Å². The number of hydrogen-bond acceptors (Lipinski definition) is 3. The van der Waals surface area contributed by atoms with Crippen LogP contribution in [0.1, 0.15) is 26.2 Å². The number of carboxylic acid groups (broad SMARTS) is 1. The summed E-state index contributed by atoms with van der Waals surface area (Å²) in [6.07, 6.45) is -3.77. The predicted molar refractivity (Wildman–Crippen MR) is 42.1 cm³/mol. The Hall–Kier alpha value is -0.780. The number of halogens is 3. The highest BCUT2D eigenvalue weighted by Gasteiger charge is 2.42. The maximum absolute atomic E-state index is 12.1. The molecule has 6 heteroatoms. The number of rotatable bonds is 5. The molecule has 0 heterocycles. The lowest BCUT2D eigenvalue weighted by Crippen LogP contribution is -2.50. The molecular weight excluding hydrogens is 199 g/mol. The Morgan fingerprint density at radius 1 is 1.50 bits per heavy atom. The molecule has 0 aromatic carbocycles. The Labute approximate surface area is 80.1 Å². The van der Waals surface area contributed by atoms with Crippen molar-refractivity contribution in [3.05, 3.63) is 0 Å². The topological polar surface area (TPSA) is 66.1 Å². The molecule has 0 saturated carbocycles. The largest absolute Gasteiger partial charge is 0.550 e. The van der Waals surface area contributed by atoms with E-state index >= 15 is 0 Å². The molecule has 84 valence electrons. The van der Waals surface area contributed by atoms with E-state index in [0.717, 1.165) is 0 Å². The first-order chi connectivity index (χ1) is 6.30. The van der Waals surface area contributed by atoms with Crippen LogP contribution in [0.5, 0.6) is 0 Å². The molecule has 0 unspecified atom stereocenters. The molecule has 0 aliphatic rings. The zero-order valence-electron chi connectivity index (χ0n) is 7.80. The minimum atomic E-state index is -4.68. The molecule has 0 aliphatic heterocycles. The third kappa shape index (κ3) is 3.95. The molecule has 0 aromatic heterocycles. The SMILES string of the molecule is CCCC[C@@H](C(=O)[O-])[C@@H](N)C(F)(F)F. The van der Waals surface area contributed by atoms with Gasteiger partial charge in [-0.25, -0.2) is 0 Å². The molecule has 0 saturated heterocycles. The second kappa shape index (κ2) is 5.19. The Morgan fingerprint density at radius 2 is 2.00 bits per heavy atom. The summed E-state index contributed by atoms with van der Waals surface area (Å²) in [6.45, 7) is 1.76. The van der Waals surface area contributed by atoms with E-state index in [1.165, 1.54) is 0 Å². The molecule has 2 atom stereocenters. The molecule has 0 fully saturated rings. The van der Waals surface area contributed by atoms with Gasteiger partial charge in [-0.2, -0.15) is 13.2 Å². The van der Waals surface area contributed by atoms with Crippen LogP contribution in [0.2, 0.25) is 0 Å². The Balaban J connectivity index is 4.41. The maximum atomic E-state index is 12.1. The lowest BCUT2D eigenvalue weighted by molar-refractivity contribution is -0.316. The van der Waals surface area contributed by atoms with Gasteiger partial charge in [-0.1, -0.05) is 19.8 Å². The zero-order chi connectivity index (χ0) is 11.4. The van der Waals surface area contributed by atoms with Gasteiger partial charge in [-0.15, -0.1) is 0 Å². The van der Waals surface area contributed by atoms with Crippen LogP contribution in [-0.2, 0) is 4.79 Å². The van der Waals surface area contributed by atoms with Gasteiger partial charge in [0.1, 0.15) is 6.04 Å². The second-order valence-corrected chi connectivity index (χ2v) is 3.14. The van der Waals surface area contributed by atoms with Crippen molar-refractivity contribution in [3.8, 4) is 0 Å². The van der Waals surface area contributed by atoms with E-state index in [4.69, 9.17) is 5.73 Å². The highest BCUT2D eigenvalue weighted by molar-refractivity contribution is 5.68. The molecule has 0 spiro atoms. The minimum absolute atomic E-state index is 0.0977. The van der Waals surface area contributed by atoms with Gasteiger partial charge in [0, 0.05) is 11.9 Å². The van der Waals surface area contributed by atoms with Crippen molar-refractivity contribution in [1.29, 1.82) is 0 Å². The van der Waals surface area contributed by atoms with Crippen molar-refractivity contribution in [3.63, 3.8) is 0 Å². The van der Waals surface area contributed by atoms with Crippen molar-refractivity contribution in [2.24, 2.45) is 11.7 Å². The van der Waals surface area contributed by atoms with E-state index in [2.05, 4.69) is 0 Å². The molecule has 3 nitrogen and oxygen atoms in total. The van der Waals surface area contributed by atoms with Crippen LogP contribution in [0.4, 0.5) is 13.2 Å². The fraction of sp³-hybridized carbons (Fsp3) is 0.875. The van der Waals surface area contributed by atoms with Crippen LogP contribution >= 0.6 is 0 Å². The second-order valence-electron chi connectivity index (χ2n) is 3.14. The number of carbonyl (C=O) groups excluding carboxylic acids is 1. The third-order valence-electron chi connectivity index (χ3n) is 1.98. The summed E-state index contributed by atoms with van der Waals surface area (Å²) >= 11 is 0. The molecule has 0 rings (SSSR count). The number of hydrogen-bond donors (Lipinski definition) is 1. The number of unbranched alkanes of at least 4 members (excludes halogenated alkanes) is 1. The molecule has 0 bridgehead atoms. The van der Waals surface area contributed by atoms with E-state index in [9.17, 15) is 23.1 Å². The molecule has 0 aromatic rings. The lowest BCUT2D eigenvalue weighted by Gasteiger charge is -2.26. The van der Waals surface area contributed by atoms with E-state index in [0.29, 0.717) is 12.8 Å². The van der Waals surface area contributed by atoms with Crippen LogP contribution in [-0.4, -0.2) is 18.2 Å². The third-order valence-corrected chi connectivity index (χ3v) is 1.98. The standard InChI is InChI=1S/C8H14F3NO2/c1-2-3-4-5(7(13)14)6(12)8(9,10)11/h5-6H,2-4,12H2,1H3,(H,13,14)/p-1/t5-,6-/m1/s1. The van der Waals surface area contributed by atoms with Crippen molar-refractivity contribution < 1.29 is 23.1 Å². The summed E-state index contributed by atoms with van der Waals surface area (Å²) < 4.78 is 36.2. The minimum Gasteiger partial charge on any atom is -0.550 e. The maximum Gasteiger partial charge on any atom is 0.404 e. The van der Waals surface area contributed by atoms with Crippen molar-refractivity contribution in [1.82, 2.24) is 0 Å². The van der Waals surface area contributed by atoms with E-state index in [1.54, 1.807) is 6.92 Å². The van der Waals surface area contributed by atoms with Gasteiger partial charge in [-0.05, 0) is 6.42 Å². The van der Waals surface area contributed by atoms with Crippen LogP contribution in [0.25, 0.3) is 0 Å². The van der Waals surface area contributed by atoms with Crippen LogP contribution in [0, 0.1) is 5.92 Å². The molecule has 0 amide bonds. The highest BCUT2D eigenvalue weighted by atomic mass is 19.4. The first-order valence-corrected chi connectivity index (χ1v) is 4.33. The highest BCUT2D eigenvalue weighted by Crippen LogP contribution is 2.26. The molecule has 0 radical (unpaired) electrons. The smallest absolute Gasteiger partial charge is 0.404 e. The predicted octanol–water partition coefficient (Wildman–Crippen LogP) is 0.432.